The molecule has 0 spiro atoms. The number of hydrogen-bond acceptors (Lipinski definition) is 2. The molecule has 0 fully saturated rings. The van der Waals surface area contributed by atoms with Gasteiger partial charge in [0.05, 0.1) is 18.7 Å². The van der Waals surface area contributed by atoms with Crippen molar-refractivity contribution in [1.29, 1.82) is 0 Å². The van der Waals surface area contributed by atoms with Crippen LogP contribution in [0.1, 0.15) is 0 Å². The summed E-state index contributed by atoms with van der Waals surface area (Å²) in [6, 6.07) is 2.79. The first-order chi connectivity index (χ1) is 5.69. The van der Waals surface area contributed by atoms with E-state index in [-0.39, 0.29) is 5.75 Å². The van der Waals surface area contributed by atoms with Crippen molar-refractivity contribution in [3.8, 4) is 11.5 Å². The van der Waals surface area contributed by atoms with Gasteiger partial charge in [-0.25, -0.2) is 4.39 Å². The zero-order chi connectivity index (χ0) is 9.14. The van der Waals surface area contributed by atoms with Gasteiger partial charge in [0.25, 0.3) is 0 Å². The Kier molecular flexibility index (Phi) is 2.92. The van der Waals surface area contributed by atoms with Crippen LogP contribution in [-0.2, 0) is 0 Å². The van der Waals surface area contributed by atoms with E-state index in [0.717, 1.165) is 0 Å². The first-order valence-corrected chi connectivity index (χ1v) is 4.05. The molecule has 0 aliphatic carbocycles. The predicted molar refractivity (Wildman–Crippen MR) is 47.2 cm³/mol. The fraction of sp³-hybridized carbons (Fsp3) is 0.250. The number of methoxy groups -OCH3 is 2. The molecule has 12 heavy (non-hydrogen) atoms. The molecule has 1 aromatic carbocycles. The highest BCUT2D eigenvalue weighted by Gasteiger charge is 2.07. The molecule has 0 radical (unpaired) electrons. The molecule has 0 aromatic heterocycles. The first kappa shape index (κ1) is 9.32. The number of ether oxygens (including phenoxy) is 2. The van der Waals surface area contributed by atoms with Gasteiger partial charge in [-0.3, -0.25) is 0 Å². The van der Waals surface area contributed by atoms with E-state index in [2.05, 4.69) is 15.9 Å². The van der Waals surface area contributed by atoms with Gasteiger partial charge in [-0.1, -0.05) is 0 Å². The van der Waals surface area contributed by atoms with Crippen LogP contribution in [0.3, 0.4) is 0 Å². The SMILES string of the molecule is COc1cc(Br)c(OC)cc1F. The largest absolute Gasteiger partial charge is 0.495 e. The van der Waals surface area contributed by atoms with E-state index in [1.807, 2.05) is 0 Å². The summed E-state index contributed by atoms with van der Waals surface area (Å²) in [5, 5.41) is 0. The molecule has 1 aromatic rings. The summed E-state index contributed by atoms with van der Waals surface area (Å²) in [6.45, 7) is 0. The van der Waals surface area contributed by atoms with Crippen molar-refractivity contribution in [2.24, 2.45) is 0 Å². The Hall–Kier alpha value is -0.770. The number of rotatable bonds is 2. The third kappa shape index (κ3) is 1.69. The summed E-state index contributed by atoms with van der Waals surface area (Å²) in [5.74, 6) is 0.216. The molecule has 0 amide bonds. The average molecular weight is 235 g/mol. The Morgan fingerprint density at radius 2 is 1.75 bits per heavy atom. The van der Waals surface area contributed by atoms with Gasteiger partial charge in [0.1, 0.15) is 5.75 Å². The van der Waals surface area contributed by atoms with E-state index in [1.165, 1.54) is 26.4 Å². The van der Waals surface area contributed by atoms with E-state index < -0.39 is 5.82 Å². The molecule has 1 rings (SSSR count). The molecule has 0 saturated carbocycles. The van der Waals surface area contributed by atoms with Crippen molar-refractivity contribution in [2.75, 3.05) is 14.2 Å². The maximum Gasteiger partial charge on any atom is 0.168 e. The van der Waals surface area contributed by atoms with Gasteiger partial charge in [-0.05, 0) is 15.9 Å². The quantitative estimate of drug-likeness (QED) is 0.784. The Balaban J connectivity index is 3.16. The molecule has 0 atom stereocenters. The summed E-state index contributed by atoms with van der Waals surface area (Å²) >= 11 is 3.21. The Morgan fingerprint density at radius 3 is 2.25 bits per heavy atom. The van der Waals surface area contributed by atoms with Crippen molar-refractivity contribution in [2.45, 2.75) is 0 Å². The molecule has 4 heteroatoms. The Bertz CT molecular complexity index is 259. The number of halogens is 2. The van der Waals surface area contributed by atoms with E-state index in [9.17, 15) is 4.39 Å². The van der Waals surface area contributed by atoms with Crippen LogP contribution in [0.15, 0.2) is 16.6 Å². The minimum atomic E-state index is -0.433. The maximum atomic E-state index is 13.0. The second kappa shape index (κ2) is 3.76. The Labute approximate surface area is 78.4 Å². The lowest BCUT2D eigenvalue weighted by Gasteiger charge is -2.06. The minimum Gasteiger partial charge on any atom is -0.495 e. The van der Waals surface area contributed by atoms with Gasteiger partial charge in [-0.15, -0.1) is 0 Å². The highest BCUT2D eigenvalue weighted by atomic mass is 79.9. The van der Waals surface area contributed by atoms with Crippen LogP contribution in [0.2, 0.25) is 0 Å². The van der Waals surface area contributed by atoms with Crippen LogP contribution >= 0.6 is 15.9 Å². The van der Waals surface area contributed by atoms with Crippen molar-refractivity contribution in [3.63, 3.8) is 0 Å². The van der Waals surface area contributed by atoms with Crippen LogP contribution in [-0.4, -0.2) is 14.2 Å². The molecule has 0 unspecified atom stereocenters. The highest BCUT2D eigenvalue weighted by molar-refractivity contribution is 9.10. The van der Waals surface area contributed by atoms with E-state index >= 15 is 0 Å². The lowest BCUT2D eigenvalue weighted by Crippen LogP contribution is -1.91. The first-order valence-electron chi connectivity index (χ1n) is 3.26. The predicted octanol–water partition coefficient (Wildman–Crippen LogP) is 2.61. The maximum absolute atomic E-state index is 13.0. The average Bonchev–Trinajstić information content (AvgIpc) is 2.08. The van der Waals surface area contributed by atoms with Crippen LogP contribution < -0.4 is 9.47 Å². The lowest BCUT2D eigenvalue weighted by atomic mass is 10.3. The fourth-order valence-corrected chi connectivity index (χ4v) is 1.31. The van der Waals surface area contributed by atoms with Gasteiger partial charge in [0.15, 0.2) is 11.6 Å². The van der Waals surface area contributed by atoms with Crippen LogP contribution in [0, 0.1) is 5.82 Å². The number of hydrogen-bond donors (Lipinski definition) is 0. The molecule has 0 aliphatic rings. The molecular weight excluding hydrogens is 227 g/mol. The second-order valence-electron chi connectivity index (χ2n) is 2.12. The van der Waals surface area contributed by atoms with Crippen LogP contribution in [0.4, 0.5) is 4.39 Å². The zero-order valence-corrected chi connectivity index (χ0v) is 8.31. The Morgan fingerprint density at radius 1 is 1.17 bits per heavy atom. The highest BCUT2D eigenvalue weighted by Crippen LogP contribution is 2.31. The van der Waals surface area contributed by atoms with Gasteiger partial charge < -0.3 is 9.47 Å². The summed E-state index contributed by atoms with van der Waals surface area (Å²) in [5.41, 5.74) is 0. The number of benzene rings is 1. The van der Waals surface area contributed by atoms with Crippen molar-refractivity contribution >= 4 is 15.9 Å². The lowest BCUT2D eigenvalue weighted by molar-refractivity contribution is 0.375. The summed E-state index contributed by atoms with van der Waals surface area (Å²) in [6.07, 6.45) is 0. The normalized spacial score (nSPS) is 9.67. The van der Waals surface area contributed by atoms with Crippen molar-refractivity contribution < 1.29 is 13.9 Å². The minimum absolute atomic E-state index is 0.197. The van der Waals surface area contributed by atoms with E-state index in [0.29, 0.717) is 10.2 Å². The van der Waals surface area contributed by atoms with E-state index in [1.54, 1.807) is 0 Å². The van der Waals surface area contributed by atoms with Crippen molar-refractivity contribution in [3.05, 3.63) is 22.4 Å². The molecule has 0 heterocycles. The molecular formula is C8H8BrFO2. The topological polar surface area (TPSA) is 18.5 Å². The summed E-state index contributed by atoms with van der Waals surface area (Å²) in [7, 11) is 2.89. The second-order valence-corrected chi connectivity index (χ2v) is 2.98. The zero-order valence-electron chi connectivity index (χ0n) is 6.73. The molecule has 0 N–H and O–H groups in total. The van der Waals surface area contributed by atoms with Gasteiger partial charge in [0.2, 0.25) is 0 Å². The van der Waals surface area contributed by atoms with Crippen LogP contribution in [0.5, 0.6) is 11.5 Å². The summed E-state index contributed by atoms with van der Waals surface area (Å²) in [4.78, 5) is 0. The molecule has 0 bridgehead atoms. The molecule has 0 saturated heterocycles. The van der Waals surface area contributed by atoms with Gasteiger partial charge >= 0.3 is 0 Å². The van der Waals surface area contributed by atoms with Gasteiger partial charge in [0, 0.05) is 12.1 Å². The molecule has 2 nitrogen and oxygen atoms in total. The molecule has 66 valence electrons. The van der Waals surface area contributed by atoms with Gasteiger partial charge in [-0.2, -0.15) is 0 Å². The third-order valence-corrected chi connectivity index (χ3v) is 2.05. The monoisotopic (exact) mass is 234 g/mol. The molecule has 0 aliphatic heterocycles. The van der Waals surface area contributed by atoms with E-state index in [4.69, 9.17) is 9.47 Å². The fourth-order valence-electron chi connectivity index (χ4n) is 0.823. The van der Waals surface area contributed by atoms with Crippen molar-refractivity contribution in [1.82, 2.24) is 0 Å². The smallest absolute Gasteiger partial charge is 0.168 e. The standard InChI is InChI=1S/C8H8BrFO2/c1-11-7-4-6(10)8(12-2)3-5(7)9/h3-4H,1-2H3. The summed E-state index contributed by atoms with van der Waals surface area (Å²) < 4.78 is 23.3. The third-order valence-electron chi connectivity index (χ3n) is 1.43. The van der Waals surface area contributed by atoms with Crippen LogP contribution in [0.25, 0.3) is 0 Å².